The third kappa shape index (κ3) is 2.73. The van der Waals surface area contributed by atoms with E-state index in [0.717, 1.165) is 6.07 Å². The van der Waals surface area contributed by atoms with E-state index in [0.29, 0.717) is 0 Å². The van der Waals surface area contributed by atoms with Crippen molar-refractivity contribution < 1.29 is 18.0 Å². The van der Waals surface area contributed by atoms with Crippen LogP contribution in [0.3, 0.4) is 0 Å². The third-order valence-electron chi connectivity index (χ3n) is 2.87. The third-order valence-corrected chi connectivity index (χ3v) is 3.57. The predicted octanol–water partition coefficient (Wildman–Crippen LogP) is 3.34. The smallest absolute Gasteiger partial charge is 0.311 e. The molecule has 1 heterocycles. The molecule has 0 aromatic heterocycles. The highest BCUT2D eigenvalue weighted by atomic mass is 79.9. The molecule has 0 N–H and O–H groups in total. The van der Waals surface area contributed by atoms with E-state index in [1.54, 1.807) is 0 Å². The van der Waals surface area contributed by atoms with Crippen LogP contribution in [-0.4, -0.2) is 12.5 Å². The number of benzene rings is 1. The van der Waals surface area contributed by atoms with Crippen LogP contribution >= 0.6 is 15.9 Å². The van der Waals surface area contributed by atoms with Crippen molar-refractivity contribution in [2.24, 2.45) is 5.92 Å². The quantitative estimate of drug-likeness (QED) is 0.791. The molecule has 1 fully saturated rings. The van der Waals surface area contributed by atoms with Crippen molar-refractivity contribution in [2.75, 3.05) is 11.4 Å². The summed E-state index contributed by atoms with van der Waals surface area (Å²) in [5.41, 5.74) is -0.670. The van der Waals surface area contributed by atoms with Crippen LogP contribution in [0.4, 0.5) is 18.9 Å². The molecule has 7 heteroatoms. The summed E-state index contributed by atoms with van der Waals surface area (Å²) in [5.74, 6) is -0.799. The molecule has 1 unspecified atom stereocenters. The molecular formula is C12H8BrF3N2O. The Morgan fingerprint density at radius 1 is 1.42 bits per heavy atom. The lowest BCUT2D eigenvalue weighted by atomic mass is 10.1. The molecule has 1 amide bonds. The minimum Gasteiger partial charge on any atom is -0.311 e. The first-order chi connectivity index (χ1) is 8.82. The molecule has 1 aliphatic rings. The van der Waals surface area contributed by atoms with E-state index in [-0.39, 0.29) is 29.0 Å². The summed E-state index contributed by atoms with van der Waals surface area (Å²) in [5, 5.41) is 8.76. The van der Waals surface area contributed by atoms with Crippen LogP contribution in [0.5, 0.6) is 0 Å². The Morgan fingerprint density at radius 2 is 2.11 bits per heavy atom. The summed E-state index contributed by atoms with van der Waals surface area (Å²) in [7, 11) is 0. The minimum atomic E-state index is -4.49. The predicted molar refractivity (Wildman–Crippen MR) is 65.2 cm³/mol. The van der Waals surface area contributed by atoms with Crippen molar-refractivity contribution >= 4 is 27.5 Å². The van der Waals surface area contributed by atoms with Gasteiger partial charge in [0.15, 0.2) is 0 Å². The largest absolute Gasteiger partial charge is 0.417 e. The van der Waals surface area contributed by atoms with Gasteiger partial charge in [0.1, 0.15) is 0 Å². The topological polar surface area (TPSA) is 44.1 Å². The molecule has 1 aromatic carbocycles. The number of nitrogens with zero attached hydrogens (tertiary/aromatic N) is 2. The molecule has 0 spiro atoms. The van der Waals surface area contributed by atoms with E-state index in [1.165, 1.54) is 17.0 Å². The van der Waals surface area contributed by atoms with Gasteiger partial charge in [-0.05, 0) is 18.2 Å². The van der Waals surface area contributed by atoms with Gasteiger partial charge in [-0.25, -0.2) is 0 Å². The van der Waals surface area contributed by atoms with Crippen molar-refractivity contribution in [1.82, 2.24) is 0 Å². The van der Waals surface area contributed by atoms with E-state index in [1.807, 2.05) is 6.07 Å². The zero-order valence-electron chi connectivity index (χ0n) is 9.54. The molecule has 0 aliphatic carbocycles. The Balaban J connectivity index is 2.38. The highest BCUT2D eigenvalue weighted by Gasteiger charge is 2.35. The summed E-state index contributed by atoms with van der Waals surface area (Å²) in [4.78, 5) is 12.9. The number of hydrogen-bond acceptors (Lipinski definition) is 2. The van der Waals surface area contributed by atoms with Crippen LogP contribution in [-0.2, 0) is 11.0 Å². The highest BCUT2D eigenvalue weighted by Crippen LogP contribution is 2.38. The molecule has 19 heavy (non-hydrogen) atoms. The van der Waals surface area contributed by atoms with Gasteiger partial charge in [0.05, 0.1) is 17.6 Å². The molecule has 3 nitrogen and oxygen atoms in total. The zero-order chi connectivity index (χ0) is 14.2. The number of amides is 1. The van der Waals surface area contributed by atoms with Crippen molar-refractivity contribution in [3.8, 4) is 6.07 Å². The molecule has 2 rings (SSSR count). The maximum Gasteiger partial charge on any atom is 0.417 e. The summed E-state index contributed by atoms with van der Waals surface area (Å²) < 4.78 is 38.2. The van der Waals surface area contributed by atoms with E-state index in [9.17, 15) is 18.0 Å². The van der Waals surface area contributed by atoms with Crippen molar-refractivity contribution in [3.63, 3.8) is 0 Å². The van der Waals surface area contributed by atoms with Gasteiger partial charge in [0, 0.05) is 23.1 Å². The van der Waals surface area contributed by atoms with Gasteiger partial charge < -0.3 is 4.90 Å². The molecule has 0 saturated carbocycles. The molecule has 1 aromatic rings. The van der Waals surface area contributed by atoms with Crippen LogP contribution in [0.15, 0.2) is 22.7 Å². The van der Waals surface area contributed by atoms with Gasteiger partial charge in [-0.15, -0.1) is 0 Å². The summed E-state index contributed by atoms with van der Waals surface area (Å²) in [6.45, 7) is 0.133. The Morgan fingerprint density at radius 3 is 2.63 bits per heavy atom. The number of nitriles is 1. The lowest BCUT2D eigenvalue weighted by Gasteiger charge is -2.18. The molecule has 100 valence electrons. The molecule has 1 aliphatic heterocycles. The van der Waals surface area contributed by atoms with E-state index < -0.39 is 17.7 Å². The first-order valence-corrected chi connectivity index (χ1v) is 6.19. The number of carbonyl (C=O) groups excluding carboxylic acids is 1. The van der Waals surface area contributed by atoms with Crippen LogP contribution < -0.4 is 4.90 Å². The normalized spacial score (nSPS) is 19.6. The summed E-state index contributed by atoms with van der Waals surface area (Å²) in [6.07, 6.45) is -4.44. The maximum absolute atomic E-state index is 12.8. The van der Waals surface area contributed by atoms with Gasteiger partial charge in [-0.1, -0.05) is 15.9 Å². The number of rotatable bonds is 1. The maximum atomic E-state index is 12.8. The summed E-state index contributed by atoms with van der Waals surface area (Å²) in [6, 6.07) is 5.56. The lowest BCUT2D eigenvalue weighted by molar-refractivity contribution is -0.138. The first-order valence-electron chi connectivity index (χ1n) is 5.39. The van der Waals surface area contributed by atoms with Crippen molar-refractivity contribution in [2.45, 2.75) is 12.6 Å². The van der Waals surface area contributed by atoms with Crippen LogP contribution in [0.2, 0.25) is 0 Å². The average Bonchev–Trinajstić information content (AvgIpc) is 2.70. The standard InChI is InChI=1S/C12H8BrF3N2O/c13-10-2-1-8(4-9(10)12(14,15)16)18-6-7(5-17)3-11(18)19/h1-2,4,7H,3,6H2. The van der Waals surface area contributed by atoms with Crippen LogP contribution in [0.1, 0.15) is 12.0 Å². The molecule has 1 saturated heterocycles. The van der Waals surface area contributed by atoms with Crippen molar-refractivity contribution in [3.05, 3.63) is 28.2 Å². The number of hydrogen-bond donors (Lipinski definition) is 0. The van der Waals surface area contributed by atoms with Gasteiger partial charge in [0.25, 0.3) is 0 Å². The van der Waals surface area contributed by atoms with E-state index in [4.69, 9.17) is 5.26 Å². The first kappa shape index (κ1) is 13.9. The van der Waals surface area contributed by atoms with E-state index >= 15 is 0 Å². The Kier molecular flexibility index (Phi) is 3.54. The average molecular weight is 333 g/mol. The second-order valence-corrected chi connectivity index (χ2v) is 5.05. The van der Waals surface area contributed by atoms with Crippen LogP contribution in [0, 0.1) is 17.2 Å². The molecular weight excluding hydrogens is 325 g/mol. The minimum absolute atomic E-state index is 0.0495. The zero-order valence-corrected chi connectivity index (χ0v) is 11.1. The number of carbonyl (C=O) groups is 1. The molecule has 1 atom stereocenters. The van der Waals surface area contributed by atoms with Crippen molar-refractivity contribution in [1.29, 1.82) is 5.26 Å². The lowest BCUT2D eigenvalue weighted by Crippen LogP contribution is -2.24. The Hall–Kier alpha value is -1.55. The van der Waals surface area contributed by atoms with Gasteiger partial charge in [0.2, 0.25) is 5.91 Å². The molecule has 0 bridgehead atoms. The van der Waals surface area contributed by atoms with Gasteiger partial charge >= 0.3 is 6.18 Å². The fourth-order valence-electron chi connectivity index (χ4n) is 1.94. The number of alkyl halides is 3. The number of halogens is 4. The fraction of sp³-hybridized carbons (Fsp3) is 0.333. The second kappa shape index (κ2) is 4.85. The highest BCUT2D eigenvalue weighted by molar-refractivity contribution is 9.10. The molecule has 0 radical (unpaired) electrons. The van der Waals surface area contributed by atoms with Gasteiger partial charge in [-0.3, -0.25) is 4.79 Å². The van der Waals surface area contributed by atoms with E-state index in [2.05, 4.69) is 15.9 Å². The Bertz CT molecular complexity index is 565. The summed E-state index contributed by atoms with van der Waals surface area (Å²) >= 11 is 2.84. The SMILES string of the molecule is N#CC1CC(=O)N(c2ccc(Br)c(C(F)(F)F)c2)C1. The number of anilines is 1. The van der Waals surface area contributed by atoms with Gasteiger partial charge in [-0.2, -0.15) is 18.4 Å². The monoisotopic (exact) mass is 332 g/mol. The second-order valence-electron chi connectivity index (χ2n) is 4.20. The van der Waals surface area contributed by atoms with Crippen LogP contribution in [0.25, 0.3) is 0 Å². The fourth-order valence-corrected chi connectivity index (χ4v) is 2.41. The Labute approximate surface area is 115 Å².